The van der Waals surface area contributed by atoms with Gasteiger partial charge in [-0.15, -0.1) is 0 Å². The summed E-state index contributed by atoms with van der Waals surface area (Å²) in [5.74, 6) is 0.868. The van der Waals surface area contributed by atoms with Gasteiger partial charge in [-0.05, 0) is 39.3 Å². The Morgan fingerprint density at radius 2 is 1.88 bits per heavy atom. The molecule has 0 aliphatic carbocycles. The molecule has 96 valence electrons. The number of ether oxygens (including phenoxy) is 2. The molecule has 0 aromatic heterocycles. The quantitative estimate of drug-likeness (QED) is 0.774. The van der Waals surface area contributed by atoms with Crippen LogP contribution in [-0.4, -0.2) is 19.3 Å². The molecule has 2 N–H and O–H groups in total. The maximum atomic E-state index is 5.91. The molecule has 0 unspecified atom stereocenters. The molecule has 0 bridgehead atoms. The van der Waals surface area contributed by atoms with Crippen LogP contribution in [0, 0.1) is 6.92 Å². The van der Waals surface area contributed by atoms with Crippen LogP contribution in [-0.2, 0) is 4.74 Å². The number of hydrogen-bond acceptors (Lipinski definition) is 3. The molecule has 1 atom stereocenters. The summed E-state index contributed by atoms with van der Waals surface area (Å²) in [7, 11) is 0. The number of hydrogen-bond donors (Lipinski definition) is 1. The first-order chi connectivity index (χ1) is 8.00. The summed E-state index contributed by atoms with van der Waals surface area (Å²) in [5, 5.41) is 0. The van der Waals surface area contributed by atoms with E-state index in [-0.39, 0.29) is 12.1 Å². The molecular formula is C14H23NO2. The molecule has 0 saturated carbocycles. The van der Waals surface area contributed by atoms with Gasteiger partial charge in [-0.1, -0.05) is 12.1 Å². The SMILES string of the molecule is Cc1ccc([C@H](C)N)c(OCCOC(C)C)c1. The number of nitrogens with two attached hydrogens (primary N) is 1. The number of benzene rings is 1. The number of aryl methyl sites for hydroxylation is 1. The van der Waals surface area contributed by atoms with Crippen LogP contribution in [0.3, 0.4) is 0 Å². The van der Waals surface area contributed by atoms with Crippen LogP contribution >= 0.6 is 0 Å². The van der Waals surface area contributed by atoms with Crippen molar-refractivity contribution in [1.29, 1.82) is 0 Å². The predicted molar refractivity (Wildman–Crippen MR) is 70.4 cm³/mol. The third-order valence-electron chi connectivity index (χ3n) is 2.45. The van der Waals surface area contributed by atoms with Crippen molar-refractivity contribution in [3.8, 4) is 5.75 Å². The lowest BCUT2D eigenvalue weighted by atomic mass is 10.1. The van der Waals surface area contributed by atoms with E-state index < -0.39 is 0 Å². The molecule has 0 radical (unpaired) electrons. The highest BCUT2D eigenvalue weighted by molar-refractivity contribution is 5.38. The van der Waals surface area contributed by atoms with Crippen molar-refractivity contribution in [2.24, 2.45) is 5.73 Å². The fourth-order valence-electron chi connectivity index (χ4n) is 1.58. The van der Waals surface area contributed by atoms with Gasteiger partial charge in [0.15, 0.2) is 0 Å². The van der Waals surface area contributed by atoms with Crippen molar-refractivity contribution in [3.05, 3.63) is 29.3 Å². The summed E-state index contributed by atoms with van der Waals surface area (Å²) < 4.78 is 11.2. The second-order valence-electron chi connectivity index (χ2n) is 4.60. The Hall–Kier alpha value is -1.06. The van der Waals surface area contributed by atoms with Gasteiger partial charge in [0, 0.05) is 11.6 Å². The Morgan fingerprint density at radius 1 is 1.18 bits per heavy atom. The third kappa shape index (κ3) is 4.75. The fourth-order valence-corrected chi connectivity index (χ4v) is 1.58. The highest BCUT2D eigenvalue weighted by Gasteiger charge is 2.08. The Bertz CT molecular complexity index is 348. The van der Waals surface area contributed by atoms with Crippen LogP contribution < -0.4 is 10.5 Å². The molecule has 0 aliphatic heterocycles. The van der Waals surface area contributed by atoms with E-state index in [0.29, 0.717) is 13.2 Å². The van der Waals surface area contributed by atoms with E-state index in [4.69, 9.17) is 15.2 Å². The van der Waals surface area contributed by atoms with Crippen LogP contribution in [0.5, 0.6) is 5.75 Å². The average Bonchev–Trinajstić information content (AvgIpc) is 2.23. The van der Waals surface area contributed by atoms with Gasteiger partial charge >= 0.3 is 0 Å². The second kappa shape index (κ2) is 6.62. The van der Waals surface area contributed by atoms with Gasteiger partial charge in [-0.2, -0.15) is 0 Å². The molecule has 17 heavy (non-hydrogen) atoms. The van der Waals surface area contributed by atoms with Crippen molar-refractivity contribution in [2.75, 3.05) is 13.2 Å². The van der Waals surface area contributed by atoms with E-state index in [0.717, 1.165) is 11.3 Å². The summed E-state index contributed by atoms with van der Waals surface area (Å²) >= 11 is 0. The Balaban J connectivity index is 2.59. The van der Waals surface area contributed by atoms with Gasteiger partial charge in [0.25, 0.3) is 0 Å². The van der Waals surface area contributed by atoms with Gasteiger partial charge in [-0.25, -0.2) is 0 Å². The minimum Gasteiger partial charge on any atom is -0.491 e. The van der Waals surface area contributed by atoms with Gasteiger partial charge in [0.05, 0.1) is 12.7 Å². The lowest BCUT2D eigenvalue weighted by molar-refractivity contribution is 0.0550. The lowest BCUT2D eigenvalue weighted by Crippen LogP contribution is -2.13. The predicted octanol–water partition coefficient (Wildman–Crippen LogP) is 2.82. The largest absolute Gasteiger partial charge is 0.491 e. The first-order valence-electron chi connectivity index (χ1n) is 6.11. The van der Waals surface area contributed by atoms with E-state index in [1.54, 1.807) is 0 Å². The molecule has 1 rings (SSSR count). The molecule has 0 spiro atoms. The molecule has 0 fully saturated rings. The van der Waals surface area contributed by atoms with Crippen molar-refractivity contribution < 1.29 is 9.47 Å². The highest BCUT2D eigenvalue weighted by Crippen LogP contribution is 2.24. The monoisotopic (exact) mass is 237 g/mol. The Kier molecular flexibility index (Phi) is 5.45. The zero-order chi connectivity index (χ0) is 12.8. The molecule has 3 heteroatoms. The molecule has 1 aromatic carbocycles. The maximum Gasteiger partial charge on any atom is 0.124 e. The Labute approximate surface area is 104 Å². The third-order valence-corrected chi connectivity index (χ3v) is 2.45. The van der Waals surface area contributed by atoms with Gasteiger partial charge < -0.3 is 15.2 Å². The molecule has 0 saturated heterocycles. The molecule has 3 nitrogen and oxygen atoms in total. The maximum absolute atomic E-state index is 5.91. The fraction of sp³-hybridized carbons (Fsp3) is 0.571. The molecule has 0 amide bonds. The van der Waals surface area contributed by atoms with Crippen LogP contribution in [0.25, 0.3) is 0 Å². The van der Waals surface area contributed by atoms with E-state index in [2.05, 4.69) is 6.07 Å². The number of rotatable bonds is 6. The van der Waals surface area contributed by atoms with E-state index >= 15 is 0 Å². The van der Waals surface area contributed by atoms with Gasteiger partial charge in [-0.3, -0.25) is 0 Å². The zero-order valence-corrected chi connectivity index (χ0v) is 11.2. The zero-order valence-electron chi connectivity index (χ0n) is 11.2. The summed E-state index contributed by atoms with van der Waals surface area (Å²) in [4.78, 5) is 0. The minimum absolute atomic E-state index is 0.0170. The van der Waals surface area contributed by atoms with Crippen LogP contribution in [0.2, 0.25) is 0 Å². The average molecular weight is 237 g/mol. The van der Waals surface area contributed by atoms with Crippen molar-refractivity contribution in [1.82, 2.24) is 0 Å². The Morgan fingerprint density at radius 3 is 2.47 bits per heavy atom. The molecule has 0 aliphatic rings. The lowest BCUT2D eigenvalue weighted by Gasteiger charge is -2.15. The topological polar surface area (TPSA) is 44.5 Å². The second-order valence-corrected chi connectivity index (χ2v) is 4.60. The van der Waals surface area contributed by atoms with Crippen LogP contribution in [0.1, 0.15) is 37.9 Å². The van der Waals surface area contributed by atoms with E-state index in [9.17, 15) is 0 Å². The molecule has 0 heterocycles. The summed E-state index contributed by atoms with van der Waals surface area (Å²) in [6.07, 6.45) is 0.240. The standard InChI is InChI=1S/C14H23NO2/c1-10(2)16-7-8-17-14-9-11(3)5-6-13(14)12(4)15/h5-6,9-10,12H,7-8,15H2,1-4H3/t12-/m0/s1. The van der Waals surface area contributed by atoms with Crippen LogP contribution in [0.15, 0.2) is 18.2 Å². The minimum atomic E-state index is -0.0170. The van der Waals surface area contributed by atoms with E-state index in [1.807, 2.05) is 39.8 Å². The van der Waals surface area contributed by atoms with E-state index in [1.165, 1.54) is 5.56 Å². The smallest absolute Gasteiger partial charge is 0.124 e. The van der Waals surface area contributed by atoms with Crippen molar-refractivity contribution >= 4 is 0 Å². The molecular weight excluding hydrogens is 214 g/mol. The first-order valence-corrected chi connectivity index (χ1v) is 6.11. The van der Waals surface area contributed by atoms with Crippen molar-refractivity contribution in [2.45, 2.75) is 39.8 Å². The highest BCUT2D eigenvalue weighted by atomic mass is 16.5. The molecule has 1 aromatic rings. The van der Waals surface area contributed by atoms with Crippen LogP contribution in [0.4, 0.5) is 0 Å². The summed E-state index contributed by atoms with van der Waals surface area (Å²) in [6, 6.07) is 6.08. The summed E-state index contributed by atoms with van der Waals surface area (Å²) in [5.41, 5.74) is 8.12. The summed E-state index contributed by atoms with van der Waals surface area (Å²) in [6.45, 7) is 9.19. The first kappa shape index (κ1) is 14.0. The van der Waals surface area contributed by atoms with Crippen molar-refractivity contribution in [3.63, 3.8) is 0 Å². The van der Waals surface area contributed by atoms with Gasteiger partial charge in [0.2, 0.25) is 0 Å². The normalized spacial score (nSPS) is 12.8. The van der Waals surface area contributed by atoms with Gasteiger partial charge in [0.1, 0.15) is 12.4 Å².